The van der Waals surface area contributed by atoms with Crippen molar-refractivity contribution >= 4 is 0 Å². The van der Waals surface area contributed by atoms with Gasteiger partial charge in [-0.3, -0.25) is 0 Å². The Morgan fingerprint density at radius 1 is 1.10 bits per heavy atom. The van der Waals surface area contributed by atoms with Crippen LogP contribution >= 0.6 is 0 Å². The molecular formula is C10H18. The molecule has 0 radical (unpaired) electrons. The van der Waals surface area contributed by atoms with Gasteiger partial charge >= 0.3 is 0 Å². The highest BCUT2D eigenvalue weighted by atomic mass is 13.8. The summed E-state index contributed by atoms with van der Waals surface area (Å²) in [6, 6.07) is 0. The molecule has 0 amide bonds. The molecule has 0 heterocycles. The van der Waals surface area contributed by atoms with E-state index in [2.05, 4.69) is 38.2 Å². The van der Waals surface area contributed by atoms with Gasteiger partial charge in [-0.25, -0.2) is 0 Å². The summed E-state index contributed by atoms with van der Waals surface area (Å²) in [5.41, 5.74) is 0. The van der Waals surface area contributed by atoms with Crippen LogP contribution in [0.1, 0.15) is 39.5 Å². The number of unbranched alkanes of at least 4 members (excludes halogenated alkanes) is 2. The van der Waals surface area contributed by atoms with Crippen LogP contribution in [0.15, 0.2) is 24.3 Å². The van der Waals surface area contributed by atoms with Crippen LogP contribution in [0.2, 0.25) is 0 Å². The maximum Gasteiger partial charge on any atom is -0.0169 e. The average molecular weight is 138 g/mol. The molecule has 0 rings (SSSR count). The number of allylic oxidation sites excluding steroid dienone is 4. The summed E-state index contributed by atoms with van der Waals surface area (Å²) in [6.07, 6.45) is 13.7. The van der Waals surface area contributed by atoms with E-state index in [0.717, 1.165) is 6.42 Å². The lowest BCUT2D eigenvalue weighted by Gasteiger charge is -1.86. The van der Waals surface area contributed by atoms with E-state index in [-0.39, 0.29) is 0 Å². The molecule has 0 atom stereocenters. The van der Waals surface area contributed by atoms with Gasteiger partial charge in [0.15, 0.2) is 0 Å². The van der Waals surface area contributed by atoms with Crippen molar-refractivity contribution in [2.45, 2.75) is 39.5 Å². The van der Waals surface area contributed by atoms with Gasteiger partial charge in [0.1, 0.15) is 0 Å². The summed E-state index contributed by atoms with van der Waals surface area (Å²) in [7, 11) is 0. The molecule has 0 fully saturated rings. The lowest BCUT2D eigenvalue weighted by molar-refractivity contribution is 0.813. The predicted molar refractivity (Wildman–Crippen MR) is 48.1 cm³/mol. The van der Waals surface area contributed by atoms with Gasteiger partial charge in [0, 0.05) is 0 Å². The normalized spacial score (nSPS) is 11.8. The molecule has 0 aliphatic heterocycles. The second-order valence-corrected chi connectivity index (χ2v) is 2.42. The molecule has 0 aromatic carbocycles. The van der Waals surface area contributed by atoms with E-state index in [4.69, 9.17) is 0 Å². The van der Waals surface area contributed by atoms with Crippen molar-refractivity contribution in [3.8, 4) is 0 Å². The Hall–Kier alpha value is -0.520. The molecule has 58 valence electrons. The van der Waals surface area contributed by atoms with E-state index in [1.54, 1.807) is 0 Å². The van der Waals surface area contributed by atoms with Crippen LogP contribution < -0.4 is 0 Å². The Balaban J connectivity index is 3.04. The Kier molecular flexibility index (Phi) is 8.04. The van der Waals surface area contributed by atoms with Gasteiger partial charge in [0.05, 0.1) is 0 Å². The topological polar surface area (TPSA) is 0 Å². The quantitative estimate of drug-likeness (QED) is 0.401. The first-order valence-electron chi connectivity index (χ1n) is 4.18. The fourth-order valence-electron chi connectivity index (χ4n) is 0.751. The minimum atomic E-state index is 1.10. The molecule has 0 unspecified atom stereocenters. The summed E-state index contributed by atoms with van der Waals surface area (Å²) >= 11 is 0. The second kappa shape index (κ2) is 8.48. The standard InChI is InChI=1S/C10H18/c1-3-5-7-9-10-8-6-4-2/h3,5,9-10H,4,6-8H2,1-2H3/b5-3-,10-9?. The molecule has 0 aliphatic carbocycles. The SMILES string of the molecule is C/C=C\CC=CCCCC. The van der Waals surface area contributed by atoms with Crippen molar-refractivity contribution in [2.75, 3.05) is 0 Å². The van der Waals surface area contributed by atoms with Crippen molar-refractivity contribution in [3.63, 3.8) is 0 Å². The van der Waals surface area contributed by atoms with Crippen molar-refractivity contribution < 1.29 is 0 Å². The summed E-state index contributed by atoms with van der Waals surface area (Å²) in [5.74, 6) is 0. The highest BCUT2D eigenvalue weighted by molar-refractivity contribution is 4.90. The van der Waals surface area contributed by atoms with Gasteiger partial charge in [-0.1, -0.05) is 44.1 Å². The summed E-state index contributed by atoms with van der Waals surface area (Å²) < 4.78 is 0. The molecule has 0 aromatic rings. The molecule has 0 saturated carbocycles. The summed E-state index contributed by atoms with van der Waals surface area (Å²) in [5, 5.41) is 0. The summed E-state index contributed by atoms with van der Waals surface area (Å²) in [6.45, 7) is 4.28. The monoisotopic (exact) mass is 138 g/mol. The molecule has 10 heavy (non-hydrogen) atoms. The number of hydrogen-bond acceptors (Lipinski definition) is 0. The van der Waals surface area contributed by atoms with Crippen molar-refractivity contribution in [1.29, 1.82) is 0 Å². The van der Waals surface area contributed by atoms with Crippen LogP contribution in [0, 0.1) is 0 Å². The molecular weight excluding hydrogens is 120 g/mol. The lowest BCUT2D eigenvalue weighted by Crippen LogP contribution is -1.66. The van der Waals surface area contributed by atoms with Gasteiger partial charge in [-0.05, 0) is 19.8 Å². The van der Waals surface area contributed by atoms with E-state index in [0.29, 0.717) is 0 Å². The molecule has 0 spiro atoms. The highest BCUT2D eigenvalue weighted by Crippen LogP contribution is 1.96. The minimum absolute atomic E-state index is 1.10. The van der Waals surface area contributed by atoms with E-state index in [1.807, 2.05) is 0 Å². The van der Waals surface area contributed by atoms with E-state index < -0.39 is 0 Å². The predicted octanol–water partition coefficient (Wildman–Crippen LogP) is 3.70. The fourth-order valence-corrected chi connectivity index (χ4v) is 0.751. The fraction of sp³-hybridized carbons (Fsp3) is 0.600. The van der Waals surface area contributed by atoms with Crippen molar-refractivity contribution in [3.05, 3.63) is 24.3 Å². The number of rotatable bonds is 5. The van der Waals surface area contributed by atoms with Gasteiger partial charge in [-0.2, -0.15) is 0 Å². The minimum Gasteiger partial charge on any atom is -0.0914 e. The third-order valence-corrected chi connectivity index (χ3v) is 1.40. The van der Waals surface area contributed by atoms with Gasteiger partial charge < -0.3 is 0 Å². The second-order valence-electron chi connectivity index (χ2n) is 2.42. The Morgan fingerprint density at radius 2 is 1.90 bits per heavy atom. The van der Waals surface area contributed by atoms with Crippen molar-refractivity contribution in [2.24, 2.45) is 0 Å². The zero-order valence-corrected chi connectivity index (χ0v) is 7.14. The molecule has 0 bridgehead atoms. The first-order valence-corrected chi connectivity index (χ1v) is 4.18. The van der Waals surface area contributed by atoms with Crippen LogP contribution in [-0.4, -0.2) is 0 Å². The van der Waals surface area contributed by atoms with E-state index >= 15 is 0 Å². The van der Waals surface area contributed by atoms with Crippen LogP contribution in [0.5, 0.6) is 0 Å². The van der Waals surface area contributed by atoms with Gasteiger partial charge in [0.2, 0.25) is 0 Å². The molecule has 0 saturated heterocycles. The maximum atomic E-state index is 2.27. The molecule has 0 heteroatoms. The zero-order valence-electron chi connectivity index (χ0n) is 7.14. The van der Waals surface area contributed by atoms with Crippen LogP contribution in [0.3, 0.4) is 0 Å². The maximum absolute atomic E-state index is 2.27. The first-order chi connectivity index (χ1) is 4.91. The Morgan fingerprint density at radius 3 is 2.50 bits per heavy atom. The van der Waals surface area contributed by atoms with E-state index in [1.165, 1.54) is 19.3 Å². The third kappa shape index (κ3) is 7.48. The molecule has 0 nitrogen and oxygen atoms in total. The van der Waals surface area contributed by atoms with Crippen LogP contribution in [0.4, 0.5) is 0 Å². The third-order valence-electron chi connectivity index (χ3n) is 1.40. The number of hydrogen-bond donors (Lipinski definition) is 0. The summed E-state index contributed by atoms with van der Waals surface area (Å²) in [4.78, 5) is 0. The van der Waals surface area contributed by atoms with Crippen molar-refractivity contribution in [1.82, 2.24) is 0 Å². The smallest absolute Gasteiger partial charge is 0.0169 e. The van der Waals surface area contributed by atoms with Gasteiger partial charge in [-0.15, -0.1) is 0 Å². The Labute approximate surface area is 64.6 Å². The highest BCUT2D eigenvalue weighted by Gasteiger charge is 1.75. The van der Waals surface area contributed by atoms with Crippen LogP contribution in [-0.2, 0) is 0 Å². The molecule has 0 aromatic heterocycles. The van der Waals surface area contributed by atoms with Crippen LogP contribution in [0.25, 0.3) is 0 Å². The lowest BCUT2D eigenvalue weighted by atomic mass is 10.2. The largest absolute Gasteiger partial charge is 0.0914 e. The van der Waals surface area contributed by atoms with E-state index in [9.17, 15) is 0 Å². The zero-order chi connectivity index (χ0) is 7.66. The molecule has 0 N–H and O–H groups in total. The molecule has 0 aliphatic rings. The average Bonchev–Trinajstić information content (AvgIpc) is 1.97. The first kappa shape index (κ1) is 9.48. The Bertz CT molecular complexity index is 98.6. The van der Waals surface area contributed by atoms with Gasteiger partial charge in [0.25, 0.3) is 0 Å².